The van der Waals surface area contributed by atoms with E-state index < -0.39 is 17.6 Å². The van der Waals surface area contributed by atoms with Crippen molar-refractivity contribution in [2.24, 2.45) is 5.92 Å². The number of hydrogen-bond donors (Lipinski definition) is 2. The minimum atomic E-state index is -0.486. The molecule has 1 atom stereocenters. The predicted octanol–water partition coefficient (Wildman–Crippen LogP) is 1.76. The Morgan fingerprint density at radius 3 is 2.68 bits per heavy atom. The molecule has 1 fully saturated rings. The first-order valence-electron chi connectivity index (χ1n) is 9.94. The number of aryl methyl sites for hydroxylation is 1. The molecule has 2 heterocycles. The van der Waals surface area contributed by atoms with Crippen molar-refractivity contribution in [3.63, 3.8) is 0 Å². The van der Waals surface area contributed by atoms with E-state index in [1.807, 2.05) is 0 Å². The molecule has 0 aliphatic carbocycles. The summed E-state index contributed by atoms with van der Waals surface area (Å²) in [7, 11) is 0. The lowest BCUT2D eigenvalue weighted by Crippen LogP contribution is -2.38. The molecule has 4 rings (SSSR count). The van der Waals surface area contributed by atoms with Crippen molar-refractivity contribution in [1.82, 2.24) is 10.6 Å². The highest BCUT2D eigenvalue weighted by Gasteiger charge is 2.35. The van der Waals surface area contributed by atoms with Gasteiger partial charge in [0.15, 0.2) is 11.5 Å². The average molecular weight is 427 g/mol. The fourth-order valence-electron chi connectivity index (χ4n) is 3.53. The van der Waals surface area contributed by atoms with Crippen LogP contribution < -0.4 is 25.0 Å². The van der Waals surface area contributed by atoms with Crippen LogP contribution in [0.15, 0.2) is 36.4 Å². The van der Waals surface area contributed by atoms with Crippen LogP contribution in [-0.4, -0.2) is 44.1 Å². The number of anilines is 1. The number of halogens is 1. The highest BCUT2D eigenvalue weighted by molar-refractivity contribution is 6.00. The molecule has 1 saturated heterocycles. The number of benzene rings is 2. The molecule has 0 spiro atoms. The maximum Gasteiger partial charge on any atom is 0.251 e. The predicted molar refractivity (Wildman–Crippen MR) is 110 cm³/mol. The third-order valence-corrected chi connectivity index (χ3v) is 5.31. The SMILES string of the molecule is Cc1ccc(C(=O)NCCNC(=O)C2CC(=O)N(c3ccc4c(c3)OCO4)C2)cc1F. The largest absolute Gasteiger partial charge is 0.454 e. The van der Waals surface area contributed by atoms with E-state index in [9.17, 15) is 18.8 Å². The lowest BCUT2D eigenvalue weighted by molar-refractivity contribution is -0.126. The quantitative estimate of drug-likeness (QED) is 0.685. The Balaban J connectivity index is 1.25. The molecular weight excluding hydrogens is 405 g/mol. The summed E-state index contributed by atoms with van der Waals surface area (Å²) in [6.07, 6.45) is 0.106. The van der Waals surface area contributed by atoms with Crippen LogP contribution in [0.25, 0.3) is 0 Å². The lowest BCUT2D eigenvalue weighted by atomic mass is 10.1. The van der Waals surface area contributed by atoms with Gasteiger partial charge in [0, 0.05) is 43.4 Å². The van der Waals surface area contributed by atoms with Crippen LogP contribution in [0, 0.1) is 18.7 Å². The summed E-state index contributed by atoms with van der Waals surface area (Å²) >= 11 is 0. The van der Waals surface area contributed by atoms with E-state index in [4.69, 9.17) is 9.47 Å². The third-order valence-electron chi connectivity index (χ3n) is 5.31. The van der Waals surface area contributed by atoms with E-state index in [0.717, 1.165) is 0 Å². The minimum Gasteiger partial charge on any atom is -0.454 e. The Kier molecular flexibility index (Phi) is 5.75. The first-order valence-corrected chi connectivity index (χ1v) is 9.94. The molecule has 2 aromatic carbocycles. The van der Waals surface area contributed by atoms with E-state index in [-0.39, 0.29) is 50.2 Å². The molecular formula is C22H22FN3O5. The van der Waals surface area contributed by atoms with Crippen molar-refractivity contribution < 1.29 is 28.2 Å². The molecule has 31 heavy (non-hydrogen) atoms. The smallest absolute Gasteiger partial charge is 0.251 e. The highest BCUT2D eigenvalue weighted by Crippen LogP contribution is 2.37. The zero-order valence-electron chi connectivity index (χ0n) is 16.9. The second-order valence-electron chi connectivity index (χ2n) is 7.45. The van der Waals surface area contributed by atoms with Crippen LogP contribution in [0.2, 0.25) is 0 Å². The maximum atomic E-state index is 13.6. The zero-order chi connectivity index (χ0) is 22.0. The normalized spacial score (nSPS) is 17.0. The van der Waals surface area contributed by atoms with Gasteiger partial charge in [-0.25, -0.2) is 4.39 Å². The van der Waals surface area contributed by atoms with Gasteiger partial charge in [-0.15, -0.1) is 0 Å². The fraction of sp³-hybridized carbons (Fsp3) is 0.318. The third kappa shape index (κ3) is 4.45. The molecule has 1 unspecified atom stereocenters. The molecule has 0 aromatic heterocycles. The molecule has 162 valence electrons. The van der Waals surface area contributed by atoms with Crippen molar-refractivity contribution in [2.75, 3.05) is 31.3 Å². The number of ether oxygens (including phenoxy) is 2. The minimum absolute atomic E-state index is 0.106. The van der Waals surface area contributed by atoms with Gasteiger partial charge in [-0.2, -0.15) is 0 Å². The van der Waals surface area contributed by atoms with Gasteiger partial charge in [-0.3, -0.25) is 14.4 Å². The number of amides is 3. The number of carbonyl (C=O) groups excluding carboxylic acids is 3. The summed E-state index contributed by atoms with van der Waals surface area (Å²) < 4.78 is 24.2. The van der Waals surface area contributed by atoms with Gasteiger partial charge in [0.25, 0.3) is 5.91 Å². The number of carbonyl (C=O) groups is 3. The second-order valence-corrected chi connectivity index (χ2v) is 7.45. The van der Waals surface area contributed by atoms with Crippen LogP contribution in [0.1, 0.15) is 22.3 Å². The van der Waals surface area contributed by atoms with Crippen LogP contribution in [0.4, 0.5) is 10.1 Å². The van der Waals surface area contributed by atoms with E-state index in [1.54, 1.807) is 36.1 Å². The molecule has 8 nitrogen and oxygen atoms in total. The molecule has 2 aliphatic heterocycles. The van der Waals surface area contributed by atoms with Crippen LogP contribution in [0.5, 0.6) is 11.5 Å². The number of nitrogens with one attached hydrogen (secondary N) is 2. The van der Waals surface area contributed by atoms with Crippen molar-refractivity contribution in [3.8, 4) is 11.5 Å². The van der Waals surface area contributed by atoms with Gasteiger partial charge in [0.05, 0.1) is 5.92 Å². The van der Waals surface area contributed by atoms with Gasteiger partial charge in [-0.1, -0.05) is 6.07 Å². The van der Waals surface area contributed by atoms with Gasteiger partial charge in [0.2, 0.25) is 18.6 Å². The Bertz CT molecular complexity index is 1040. The maximum absolute atomic E-state index is 13.6. The number of fused-ring (bicyclic) bond motifs is 1. The van der Waals surface area contributed by atoms with Gasteiger partial charge < -0.3 is 25.0 Å². The molecule has 9 heteroatoms. The summed E-state index contributed by atoms with van der Waals surface area (Å²) in [6.45, 7) is 2.42. The van der Waals surface area contributed by atoms with Crippen molar-refractivity contribution in [1.29, 1.82) is 0 Å². The molecule has 0 saturated carbocycles. The Morgan fingerprint density at radius 2 is 1.87 bits per heavy atom. The zero-order valence-corrected chi connectivity index (χ0v) is 16.9. The van der Waals surface area contributed by atoms with Crippen molar-refractivity contribution in [2.45, 2.75) is 13.3 Å². The standard InChI is InChI=1S/C22H22FN3O5/c1-13-2-3-14(8-17(13)23)21(28)24-6-7-25-22(29)15-9-20(27)26(11-15)16-4-5-18-19(10-16)31-12-30-18/h2-5,8,10,15H,6-7,9,11-12H2,1H3,(H,24,28)(H,25,29). The van der Waals surface area contributed by atoms with E-state index in [2.05, 4.69) is 10.6 Å². The van der Waals surface area contributed by atoms with Crippen LogP contribution >= 0.6 is 0 Å². The molecule has 2 N–H and O–H groups in total. The molecule has 2 aromatic rings. The highest BCUT2D eigenvalue weighted by atomic mass is 19.1. The molecule has 0 bridgehead atoms. The topological polar surface area (TPSA) is 97.0 Å². The van der Waals surface area contributed by atoms with Gasteiger partial charge >= 0.3 is 0 Å². The van der Waals surface area contributed by atoms with E-state index in [1.165, 1.54) is 12.1 Å². The first-order chi connectivity index (χ1) is 14.9. The monoisotopic (exact) mass is 427 g/mol. The summed E-state index contributed by atoms with van der Waals surface area (Å²) in [6, 6.07) is 9.48. The Hall–Kier alpha value is -3.62. The fourth-order valence-corrected chi connectivity index (χ4v) is 3.53. The summed E-state index contributed by atoms with van der Waals surface area (Å²) in [5.41, 5.74) is 1.34. The Morgan fingerprint density at radius 1 is 1.10 bits per heavy atom. The summed E-state index contributed by atoms with van der Waals surface area (Å²) in [5, 5.41) is 5.37. The van der Waals surface area contributed by atoms with Gasteiger partial charge in [0.1, 0.15) is 5.82 Å². The first kappa shape index (κ1) is 20.6. The number of rotatable bonds is 6. The van der Waals surface area contributed by atoms with Crippen molar-refractivity contribution >= 4 is 23.4 Å². The van der Waals surface area contributed by atoms with Crippen molar-refractivity contribution in [3.05, 3.63) is 53.3 Å². The van der Waals surface area contributed by atoms with E-state index >= 15 is 0 Å². The summed E-state index contributed by atoms with van der Waals surface area (Å²) in [5.74, 6) is -0.555. The van der Waals surface area contributed by atoms with E-state index in [0.29, 0.717) is 22.7 Å². The number of hydrogen-bond acceptors (Lipinski definition) is 5. The summed E-state index contributed by atoms with van der Waals surface area (Å²) in [4.78, 5) is 38.5. The molecule has 3 amide bonds. The second kappa shape index (κ2) is 8.63. The Labute approximate surface area is 178 Å². The average Bonchev–Trinajstić information content (AvgIpc) is 3.38. The van der Waals surface area contributed by atoms with Crippen LogP contribution in [-0.2, 0) is 9.59 Å². The lowest BCUT2D eigenvalue weighted by Gasteiger charge is -2.17. The van der Waals surface area contributed by atoms with Gasteiger partial charge in [-0.05, 0) is 36.8 Å². The molecule has 2 aliphatic rings. The number of nitrogens with zero attached hydrogens (tertiary/aromatic N) is 1. The van der Waals surface area contributed by atoms with Crippen LogP contribution in [0.3, 0.4) is 0 Å². The molecule has 0 radical (unpaired) electrons.